The van der Waals surface area contributed by atoms with Gasteiger partial charge in [0.05, 0.1) is 12.8 Å². The first-order valence-electron chi connectivity index (χ1n) is 7.18. The molecule has 0 aliphatic heterocycles. The fraction of sp³-hybridized carbons (Fsp3) is 0.188. The molecule has 0 fully saturated rings. The molecule has 0 saturated heterocycles. The van der Waals surface area contributed by atoms with Crippen LogP contribution in [0, 0.1) is 0 Å². The van der Waals surface area contributed by atoms with Gasteiger partial charge >= 0.3 is 0 Å². The molecule has 0 saturated carbocycles. The highest BCUT2D eigenvalue weighted by Gasteiger charge is 2.12. The lowest BCUT2D eigenvalue weighted by Gasteiger charge is -2.05. The Labute approximate surface area is 141 Å². The summed E-state index contributed by atoms with van der Waals surface area (Å²) in [5.41, 5.74) is 1.92. The zero-order valence-corrected chi connectivity index (χ0v) is 14.1. The van der Waals surface area contributed by atoms with Crippen molar-refractivity contribution in [3.05, 3.63) is 58.3 Å². The molecule has 6 nitrogen and oxygen atoms in total. The number of hydrogen-bond acceptors (Lipinski definition) is 4. The zero-order chi connectivity index (χ0) is 16.2. The molecule has 1 amide bonds. The van der Waals surface area contributed by atoms with Crippen molar-refractivity contribution in [3.63, 3.8) is 0 Å². The number of aromatic nitrogens is 3. The standard InChI is InChI=1S/C16H15BrN4O2/c1-2-23-15-8-7-14-19-13(10-21(14)20-15)16(22)18-9-11-5-3-4-6-12(11)17/h3-8,10H,2,9H2,1H3,(H,18,22). The minimum atomic E-state index is -0.246. The summed E-state index contributed by atoms with van der Waals surface area (Å²) < 4.78 is 7.83. The van der Waals surface area contributed by atoms with Crippen molar-refractivity contribution in [2.75, 3.05) is 6.61 Å². The van der Waals surface area contributed by atoms with Crippen molar-refractivity contribution in [1.29, 1.82) is 0 Å². The predicted octanol–water partition coefficient (Wildman–Crippen LogP) is 2.82. The summed E-state index contributed by atoms with van der Waals surface area (Å²) in [7, 11) is 0. The predicted molar refractivity (Wildman–Crippen MR) is 89.5 cm³/mol. The number of rotatable bonds is 5. The first-order valence-corrected chi connectivity index (χ1v) is 7.97. The summed E-state index contributed by atoms with van der Waals surface area (Å²) in [4.78, 5) is 16.5. The number of nitrogens with one attached hydrogen (secondary N) is 1. The second-order valence-corrected chi connectivity index (χ2v) is 5.66. The molecule has 0 unspecified atom stereocenters. The second kappa shape index (κ2) is 6.78. The molecule has 0 atom stereocenters. The lowest BCUT2D eigenvalue weighted by molar-refractivity contribution is 0.0946. The lowest BCUT2D eigenvalue weighted by atomic mass is 10.2. The normalized spacial score (nSPS) is 10.7. The van der Waals surface area contributed by atoms with E-state index in [1.807, 2.05) is 31.2 Å². The van der Waals surface area contributed by atoms with Gasteiger partial charge in [0.15, 0.2) is 5.65 Å². The topological polar surface area (TPSA) is 68.5 Å². The van der Waals surface area contributed by atoms with Gasteiger partial charge in [-0.05, 0) is 24.6 Å². The van der Waals surface area contributed by atoms with E-state index < -0.39 is 0 Å². The Balaban J connectivity index is 1.74. The number of hydrogen-bond donors (Lipinski definition) is 1. The van der Waals surface area contributed by atoms with E-state index in [1.165, 1.54) is 0 Å². The van der Waals surface area contributed by atoms with E-state index in [0.29, 0.717) is 30.4 Å². The fourth-order valence-corrected chi connectivity index (χ4v) is 2.53. The highest BCUT2D eigenvalue weighted by Crippen LogP contribution is 2.15. The molecule has 1 aromatic carbocycles. The van der Waals surface area contributed by atoms with Crippen LogP contribution in [0.5, 0.6) is 5.88 Å². The van der Waals surface area contributed by atoms with Crippen molar-refractivity contribution in [2.45, 2.75) is 13.5 Å². The molecule has 118 valence electrons. The first kappa shape index (κ1) is 15.5. The van der Waals surface area contributed by atoms with Crippen molar-refractivity contribution in [1.82, 2.24) is 19.9 Å². The van der Waals surface area contributed by atoms with E-state index in [1.54, 1.807) is 22.8 Å². The number of carbonyl (C=O) groups is 1. The number of carbonyl (C=O) groups excluding carboxylic acids is 1. The average molecular weight is 375 g/mol. The number of fused-ring (bicyclic) bond motifs is 1. The third-order valence-corrected chi connectivity index (χ3v) is 3.99. The van der Waals surface area contributed by atoms with Crippen LogP contribution in [0.15, 0.2) is 47.1 Å². The minimum absolute atomic E-state index is 0.246. The van der Waals surface area contributed by atoms with Gasteiger partial charge < -0.3 is 10.1 Å². The average Bonchev–Trinajstić information content (AvgIpc) is 2.97. The molecule has 0 aliphatic rings. The zero-order valence-electron chi connectivity index (χ0n) is 12.5. The SMILES string of the molecule is CCOc1ccc2nc(C(=O)NCc3ccccc3Br)cn2n1. The van der Waals surface area contributed by atoms with E-state index in [2.05, 4.69) is 31.3 Å². The van der Waals surface area contributed by atoms with Gasteiger partial charge in [-0.15, -0.1) is 5.10 Å². The van der Waals surface area contributed by atoms with Crippen LogP contribution in [-0.4, -0.2) is 27.1 Å². The van der Waals surface area contributed by atoms with Gasteiger partial charge in [-0.3, -0.25) is 4.79 Å². The van der Waals surface area contributed by atoms with Gasteiger partial charge in [0.2, 0.25) is 5.88 Å². The van der Waals surface area contributed by atoms with Crippen LogP contribution in [-0.2, 0) is 6.54 Å². The summed E-state index contributed by atoms with van der Waals surface area (Å²) in [6.07, 6.45) is 1.59. The summed E-state index contributed by atoms with van der Waals surface area (Å²) in [5.74, 6) is 0.252. The van der Waals surface area contributed by atoms with E-state index in [-0.39, 0.29) is 5.91 Å². The molecule has 0 bridgehead atoms. The van der Waals surface area contributed by atoms with Crippen LogP contribution < -0.4 is 10.1 Å². The van der Waals surface area contributed by atoms with Crippen LogP contribution in [0.4, 0.5) is 0 Å². The van der Waals surface area contributed by atoms with Gasteiger partial charge in [-0.1, -0.05) is 34.1 Å². The second-order valence-electron chi connectivity index (χ2n) is 4.81. The van der Waals surface area contributed by atoms with E-state index >= 15 is 0 Å². The van der Waals surface area contributed by atoms with Crippen molar-refractivity contribution in [2.24, 2.45) is 0 Å². The van der Waals surface area contributed by atoms with Gasteiger partial charge in [0.1, 0.15) is 5.69 Å². The number of imidazole rings is 1. The third-order valence-electron chi connectivity index (χ3n) is 3.22. The summed E-state index contributed by atoms with van der Waals surface area (Å²) >= 11 is 3.46. The molecule has 0 radical (unpaired) electrons. The monoisotopic (exact) mass is 374 g/mol. The molecule has 0 aliphatic carbocycles. The Bertz CT molecular complexity index is 847. The Morgan fingerprint density at radius 3 is 2.91 bits per heavy atom. The van der Waals surface area contributed by atoms with Crippen molar-refractivity contribution >= 4 is 27.5 Å². The van der Waals surface area contributed by atoms with Crippen LogP contribution in [0.2, 0.25) is 0 Å². The molecule has 3 aromatic rings. The number of benzene rings is 1. The molecule has 1 N–H and O–H groups in total. The highest BCUT2D eigenvalue weighted by molar-refractivity contribution is 9.10. The number of amides is 1. The maximum atomic E-state index is 12.2. The summed E-state index contributed by atoms with van der Waals surface area (Å²) in [6.45, 7) is 2.85. The Kier molecular flexibility index (Phi) is 4.57. The smallest absolute Gasteiger partial charge is 0.271 e. The number of ether oxygens (including phenoxy) is 1. The fourth-order valence-electron chi connectivity index (χ4n) is 2.11. The van der Waals surface area contributed by atoms with E-state index in [4.69, 9.17) is 4.74 Å². The molecule has 7 heteroatoms. The number of nitrogens with zero attached hydrogens (tertiary/aromatic N) is 3. The molecule has 23 heavy (non-hydrogen) atoms. The van der Waals surface area contributed by atoms with Gasteiger partial charge in [0, 0.05) is 17.1 Å². The van der Waals surface area contributed by atoms with Gasteiger partial charge in [-0.25, -0.2) is 9.50 Å². The largest absolute Gasteiger partial charge is 0.477 e. The van der Waals surface area contributed by atoms with Gasteiger partial charge in [-0.2, -0.15) is 0 Å². The van der Waals surface area contributed by atoms with Crippen LogP contribution in [0.3, 0.4) is 0 Å². The molecule has 0 spiro atoms. The van der Waals surface area contributed by atoms with Crippen LogP contribution in [0.25, 0.3) is 5.65 Å². The quantitative estimate of drug-likeness (QED) is 0.745. The molecule has 2 heterocycles. The van der Waals surface area contributed by atoms with Gasteiger partial charge in [0.25, 0.3) is 5.91 Å². The lowest BCUT2D eigenvalue weighted by Crippen LogP contribution is -2.23. The molecule has 2 aromatic heterocycles. The summed E-state index contributed by atoms with van der Waals surface area (Å²) in [5, 5.41) is 7.10. The summed E-state index contributed by atoms with van der Waals surface area (Å²) in [6, 6.07) is 11.2. The molecular formula is C16H15BrN4O2. The Morgan fingerprint density at radius 1 is 1.30 bits per heavy atom. The van der Waals surface area contributed by atoms with Crippen molar-refractivity contribution < 1.29 is 9.53 Å². The molecular weight excluding hydrogens is 360 g/mol. The minimum Gasteiger partial charge on any atom is -0.477 e. The molecule has 3 rings (SSSR count). The Morgan fingerprint density at radius 2 is 2.13 bits per heavy atom. The first-order chi connectivity index (χ1) is 11.2. The number of halogens is 1. The highest BCUT2D eigenvalue weighted by atomic mass is 79.9. The Hall–Kier alpha value is -2.41. The third kappa shape index (κ3) is 3.50. The van der Waals surface area contributed by atoms with E-state index in [0.717, 1.165) is 10.0 Å². The maximum absolute atomic E-state index is 12.2. The van der Waals surface area contributed by atoms with E-state index in [9.17, 15) is 4.79 Å². The van der Waals surface area contributed by atoms with Crippen LogP contribution in [0.1, 0.15) is 23.0 Å². The van der Waals surface area contributed by atoms with Crippen molar-refractivity contribution in [3.8, 4) is 5.88 Å². The van der Waals surface area contributed by atoms with Crippen LogP contribution >= 0.6 is 15.9 Å². The maximum Gasteiger partial charge on any atom is 0.271 e.